The summed E-state index contributed by atoms with van der Waals surface area (Å²) in [5, 5.41) is 18.8. The molecule has 0 aliphatic carbocycles. The van der Waals surface area contributed by atoms with Crippen molar-refractivity contribution in [3.8, 4) is 16.9 Å². The molecule has 0 bridgehead atoms. The number of para-hydroxylation sites is 2. The SMILES string of the molecule is O=c1cc(N2CCOCC2)[nH]c2c(-c3cn(-c4ccccc4CO)nn3)cccc12. The number of benzene rings is 2. The summed E-state index contributed by atoms with van der Waals surface area (Å²) >= 11 is 0. The molecule has 1 saturated heterocycles. The third-order valence-corrected chi connectivity index (χ3v) is 5.38. The number of aliphatic hydroxyl groups excluding tert-OH is 1. The van der Waals surface area contributed by atoms with Gasteiger partial charge in [0.1, 0.15) is 11.5 Å². The molecule has 8 nitrogen and oxygen atoms in total. The number of aliphatic hydroxyl groups is 1. The Bertz CT molecular complexity index is 1260. The quantitative estimate of drug-likeness (QED) is 0.542. The molecule has 1 fully saturated rings. The van der Waals surface area contributed by atoms with Gasteiger partial charge in [-0.3, -0.25) is 4.79 Å². The molecule has 152 valence electrons. The van der Waals surface area contributed by atoms with Crippen molar-refractivity contribution in [3.05, 3.63) is 70.5 Å². The normalized spacial score (nSPS) is 14.4. The van der Waals surface area contributed by atoms with E-state index in [0.717, 1.165) is 41.2 Å². The minimum atomic E-state index is -0.0874. The number of hydrogen-bond donors (Lipinski definition) is 2. The Balaban J connectivity index is 1.62. The van der Waals surface area contributed by atoms with Crippen molar-refractivity contribution in [1.29, 1.82) is 0 Å². The summed E-state index contributed by atoms with van der Waals surface area (Å²) in [5.74, 6) is 0.779. The van der Waals surface area contributed by atoms with Gasteiger partial charge in [-0.1, -0.05) is 35.5 Å². The summed E-state index contributed by atoms with van der Waals surface area (Å²) in [6, 6.07) is 14.7. The molecule has 5 rings (SSSR count). The maximum Gasteiger partial charge on any atom is 0.191 e. The van der Waals surface area contributed by atoms with E-state index in [9.17, 15) is 9.90 Å². The van der Waals surface area contributed by atoms with Gasteiger partial charge in [-0.15, -0.1) is 5.10 Å². The number of nitrogens with one attached hydrogen (secondary N) is 1. The van der Waals surface area contributed by atoms with Crippen molar-refractivity contribution in [2.24, 2.45) is 0 Å². The summed E-state index contributed by atoms with van der Waals surface area (Å²) in [6.07, 6.45) is 1.81. The van der Waals surface area contributed by atoms with Gasteiger partial charge in [0, 0.05) is 35.7 Å². The lowest BCUT2D eigenvalue weighted by Gasteiger charge is -2.28. The lowest BCUT2D eigenvalue weighted by molar-refractivity contribution is 0.122. The van der Waals surface area contributed by atoms with Crippen molar-refractivity contribution in [2.45, 2.75) is 6.61 Å². The van der Waals surface area contributed by atoms with Crippen molar-refractivity contribution < 1.29 is 9.84 Å². The van der Waals surface area contributed by atoms with Crippen LogP contribution >= 0.6 is 0 Å². The fourth-order valence-corrected chi connectivity index (χ4v) is 3.82. The Kier molecular flexibility index (Phi) is 4.78. The molecule has 8 heteroatoms. The molecule has 2 aromatic heterocycles. The lowest BCUT2D eigenvalue weighted by Crippen LogP contribution is -2.37. The Hall–Kier alpha value is -3.49. The smallest absolute Gasteiger partial charge is 0.191 e. The lowest BCUT2D eigenvalue weighted by atomic mass is 10.1. The van der Waals surface area contributed by atoms with Gasteiger partial charge in [0.25, 0.3) is 0 Å². The summed E-state index contributed by atoms with van der Waals surface area (Å²) in [6.45, 7) is 2.66. The highest BCUT2D eigenvalue weighted by Crippen LogP contribution is 2.27. The number of anilines is 1. The van der Waals surface area contributed by atoms with Gasteiger partial charge in [-0.05, 0) is 12.1 Å². The molecular formula is C22H21N5O3. The number of nitrogens with zero attached hydrogens (tertiary/aromatic N) is 4. The molecule has 0 unspecified atom stereocenters. The number of H-pyrrole nitrogens is 1. The molecule has 30 heavy (non-hydrogen) atoms. The number of fused-ring (bicyclic) bond motifs is 1. The van der Waals surface area contributed by atoms with Crippen LogP contribution < -0.4 is 10.3 Å². The molecule has 0 radical (unpaired) electrons. The van der Waals surface area contributed by atoms with Crippen LogP contribution in [0.3, 0.4) is 0 Å². The number of aromatic amines is 1. The first-order valence-electron chi connectivity index (χ1n) is 9.85. The predicted octanol–water partition coefficient (Wildman–Crippen LogP) is 2.10. The number of rotatable bonds is 4. The third-order valence-electron chi connectivity index (χ3n) is 5.38. The van der Waals surface area contributed by atoms with Crippen LogP contribution in [-0.2, 0) is 11.3 Å². The molecule has 0 atom stereocenters. The molecule has 1 aliphatic heterocycles. The topological polar surface area (TPSA) is 96.3 Å². The molecule has 0 spiro atoms. The zero-order chi connectivity index (χ0) is 20.5. The van der Waals surface area contributed by atoms with Crippen molar-refractivity contribution in [1.82, 2.24) is 20.0 Å². The fourth-order valence-electron chi connectivity index (χ4n) is 3.82. The number of aromatic nitrogens is 4. The first-order valence-corrected chi connectivity index (χ1v) is 9.85. The van der Waals surface area contributed by atoms with E-state index in [-0.39, 0.29) is 12.0 Å². The highest BCUT2D eigenvalue weighted by atomic mass is 16.5. The Labute approximate surface area is 172 Å². The van der Waals surface area contributed by atoms with Crippen LogP contribution in [0.2, 0.25) is 0 Å². The molecular weight excluding hydrogens is 382 g/mol. The van der Waals surface area contributed by atoms with Crippen molar-refractivity contribution >= 4 is 16.7 Å². The number of hydrogen-bond acceptors (Lipinski definition) is 6. The third kappa shape index (κ3) is 3.26. The minimum Gasteiger partial charge on any atom is -0.392 e. The van der Waals surface area contributed by atoms with Gasteiger partial charge in [-0.2, -0.15) is 0 Å². The maximum atomic E-state index is 12.8. The molecule has 0 saturated carbocycles. The van der Waals surface area contributed by atoms with Crippen molar-refractivity contribution in [2.75, 3.05) is 31.2 Å². The second-order valence-corrected chi connectivity index (χ2v) is 7.18. The number of pyridine rings is 1. The predicted molar refractivity (Wildman–Crippen MR) is 114 cm³/mol. The van der Waals surface area contributed by atoms with Crippen LogP contribution in [-0.4, -0.2) is 51.4 Å². The zero-order valence-corrected chi connectivity index (χ0v) is 16.3. The largest absolute Gasteiger partial charge is 0.392 e. The highest BCUT2D eigenvalue weighted by Gasteiger charge is 2.16. The number of ether oxygens (including phenoxy) is 1. The van der Waals surface area contributed by atoms with Gasteiger partial charge >= 0.3 is 0 Å². The first kappa shape index (κ1) is 18.5. The van der Waals surface area contributed by atoms with Gasteiger partial charge < -0.3 is 19.7 Å². The standard InChI is InChI=1S/C22H21N5O3/c28-14-15-4-1-2-7-19(15)27-13-18(24-25-27)16-5-3-6-17-20(29)12-21(23-22(16)17)26-8-10-30-11-9-26/h1-7,12-13,28H,8-11,14H2,(H,23,29). The van der Waals surface area contributed by atoms with E-state index in [1.165, 1.54) is 0 Å². The van der Waals surface area contributed by atoms with E-state index < -0.39 is 0 Å². The van der Waals surface area contributed by atoms with Gasteiger partial charge in [-0.25, -0.2) is 4.68 Å². The van der Waals surface area contributed by atoms with Crippen LogP contribution in [0.1, 0.15) is 5.56 Å². The first-order chi connectivity index (χ1) is 14.7. The molecule has 1 aliphatic rings. The Morgan fingerprint density at radius 2 is 1.93 bits per heavy atom. The molecule has 4 aromatic rings. The van der Waals surface area contributed by atoms with Crippen LogP contribution in [0.5, 0.6) is 0 Å². The summed E-state index contributed by atoms with van der Waals surface area (Å²) in [7, 11) is 0. The van der Waals surface area contributed by atoms with Gasteiger partial charge in [0.2, 0.25) is 0 Å². The molecule has 0 amide bonds. The van der Waals surface area contributed by atoms with E-state index >= 15 is 0 Å². The molecule has 2 aromatic carbocycles. The van der Waals surface area contributed by atoms with Crippen LogP contribution in [0.4, 0.5) is 5.82 Å². The Morgan fingerprint density at radius 3 is 2.77 bits per heavy atom. The average Bonchev–Trinajstić information content (AvgIpc) is 3.29. The summed E-state index contributed by atoms with van der Waals surface area (Å²) < 4.78 is 7.07. The van der Waals surface area contributed by atoms with E-state index in [1.54, 1.807) is 10.7 Å². The maximum absolute atomic E-state index is 12.8. The second-order valence-electron chi connectivity index (χ2n) is 7.18. The van der Waals surface area contributed by atoms with E-state index in [2.05, 4.69) is 20.2 Å². The van der Waals surface area contributed by atoms with E-state index in [4.69, 9.17) is 4.74 Å². The van der Waals surface area contributed by atoms with Crippen LogP contribution in [0.25, 0.3) is 27.8 Å². The van der Waals surface area contributed by atoms with Crippen LogP contribution in [0.15, 0.2) is 59.5 Å². The van der Waals surface area contributed by atoms with Crippen molar-refractivity contribution in [3.63, 3.8) is 0 Å². The van der Waals surface area contributed by atoms with E-state index in [1.807, 2.05) is 48.7 Å². The molecule has 2 N–H and O–H groups in total. The van der Waals surface area contributed by atoms with E-state index in [0.29, 0.717) is 24.3 Å². The fraction of sp³-hybridized carbons (Fsp3) is 0.227. The molecule has 3 heterocycles. The number of morpholine rings is 1. The van der Waals surface area contributed by atoms with Gasteiger partial charge in [0.05, 0.1) is 37.2 Å². The Morgan fingerprint density at radius 1 is 1.10 bits per heavy atom. The van der Waals surface area contributed by atoms with Crippen LogP contribution in [0, 0.1) is 0 Å². The average molecular weight is 403 g/mol. The van der Waals surface area contributed by atoms with Gasteiger partial charge in [0.15, 0.2) is 5.43 Å². The second kappa shape index (κ2) is 7.74. The monoisotopic (exact) mass is 403 g/mol. The zero-order valence-electron chi connectivity index (χ0n) is 16.3. The highest BCUT2D eigenvalue weighted by molar-refractivity contribution is 5.93. The minimum absolute atomic E-state index is 0.0369. The summed E-state index contributed by atoms with van der Waals surface area (Å²) in [5.41, 5.74) is 3.66. The summed E-state index contributed by atoms with van der Waals surface area (Å²) in [4.78, 5) is 18.3.